The molecule has 0 radical (unpaired) electrons. The maximum atomic E-state index is 8.60. The van der Waals surface area contributed by atoms with Gasteiger partial charge in [0.2, 0.25) is 0 Å². The van der Waals surface area contributed by atoms with Crippen molar-refractivity contribution in [1.29, 1.82) is 0 Å². The first-order chi connectivity index (χ1) is 8.92. The third-order valence-electron chi connectivity index (χ3n) is 2.92. The Labute approximate surface area is 114 Å². The number of nitrogens with two attached hydrogens (primary N) is 1. The summed E-state index contributed by atoms with van der Waals surface area (Å²) in [6.45, 7) is 8.94. The van der Waals surface area contributed by atoms with Gasteiger partial charge in [0.15, 0.2) is 0 Å². The summed E-state index contributed by atoms with van der Waals surface area (Å²) in [5.41, 5.74) is 7.74. The second kappa shape index (κ2) is 7.13. The minimum atomic E-state index is 0.273. The summed E-state index contributed by atoms with van der Waals surface area (Å²) in [7, 11) is 1.96. The standard InChI is InChI=1S/C13H25N5O/c1-10(2)8-18(6-5-13(14)16-19)9-12-7-11(3)15-17(12)4/h7,10,19H,5-6,8-9H2,1-4H3,(H2,14,16). The lowest BCUT2D eigenvalue weighted by molar-refractivity contribution is 0.235. The van der Waals surface area contributed by atoms with Gasteiger partial charge in [-0.3, -0.25) is 9.58 Å². The molecule has 0 saturated heterocycles. The maximum Gasteiger partial charge on any atom is 0.140 e. The van der Waals surface area contributed by atoms with E-state index in [0.29, 0.717) is 12.3 Å². The summed E-state index contributed by atoms with van der Waals surface area (Å²) >= 11 is 0. The number of amidine groups is 1. The van der Waals surface area contributed by atoms with Crippen molar-refractivity contribution >= 4 is 5.84 Å². The summed E-state index contributed by atoms with van der Waals surface area (Å²) < 4.78 is 1.91. The Balaban J connectivity index is 2.66. The number of nitrogens with zero attached hydrogens (tertiary/aromatic N) is 4. The summed E-state index contributed by atoms with van der Waals surface area (Å²) in [5, 5.41) is 16.0. The normalized spacial score (nSPS) is 12.6. The zero-order valence-corrected chi connectivity index (χ0v) is 12.3. The first-order valence-electron chi connectivity index (χ1n) is 6.60. The number of aromatic nitrogens is 2. The molecule has 0 atom stereocenters. The lowest BCUT2D eigenvalue weighted by Gasteiger charge is -2.23. The number of hydrogen-bond donors (Lipinski definition) is 2. The lowest BCUT2D eigenvalue weighted by Crippen LogP contribution is -2.31. The van der Waals surface area contributed by atoms with E-state index in [0.717, 1.165) is 25.3 Å². The van der Waals surface area contributed by atoms with Crippen molar-refractivity contribution in [3.8, 4) is 0 Å². The summed E-state index contributed by atoms with van der Waals surface area (Å²) in [4.78, 5) is 2.30. The second-order valence-corrected chi connectivity index (χ2v) is 5.37. The highest BCUT2D eigenvalue weighted by Crippen LogP contribution is 2.09. The van der Waals surface area contributed by atoms with E-state index in [4.69, 9.17) is 10.9 Å². The SMILES string of the molecule is Cc1cc(CN(CCC(N)=NO)CC(C)C)n(C)n1. The monoisotopic (exact) mass is 267 g/mol. The molecular formula is C13H25N5O. The highest BCUT2D eigenvalue weighted by Gasteiger charge is 2.12. The van der Waals surface area contributed by atoms with E-state index < -0.39 is 0 Å². The Bertz CT molecular complexity index is 425. The van der Waals surface area contributed by atoms with Crippen LogP contribution in [0.25, 0.3) is 0 Å². The minimum absolute atomic E-state index is 0.273. The van der Waals surface area contributed by atoms with E-state index in [-0.39, 0.29) is 5.84 Å². The molecule has 3 N–H and O–H groups in total. The second-order valence-electron chi connectivity index (χ2n) is 5.37. The van der Waals surface area contributed by atoms with Gasteiger partial charge in [0.25, 0.3) is 0 Å². The molecule has 19 heavy (non-hydrogen) atoms. The third kappa shape index (κ3) is 5.30. The van der Waals surface area contributed by atoms with Gasteiger partial charge in [-0.2, -0.15) is 5.10 Å². The Kier molecular flexibility index (Phi) is 5.82. The molecule has 0 unspecified atom stereocenters. The topological polar surface area (TPSA) is 79.7 Å². The fraction of sp³-hybridized carbons (Fsp3) is 0.692. The van der Waals surface area contributed by atoms with Crippen LogP contribution in [-0.2, 0) is 13.6 Å². The van der Waals surface area contributed by atoms with Gasteiger partial charge in [-0.25, -0.2) is 0 Å². The Morgan fingerprint density at radius 1 is 1.58 bits per heavy atom. The molecule has 0 amide bonds. The molecule has 0 aliphatic carbocycles. The van der Waals surface area contributed by atoms with Crippen LogP contribution in [0, 0.1) is 12.8 Å². The predicted octanol–water partition coefficient (Wildman–Crippen LogP) is 1.32. The van der Waals surface area contributed by atoms with Gasteiger partial charge in [-0.15, -0.1) is 0 Å². The molecule has 1 rings (SSSR count). The van der Waals surface area contributed by atoms with Crippen LogP contribution in [0.2, 0.25) is 0 Å². The predicted molar refractivity (Wildman–Crippen MR) is 76.1 cm³/mol. The zero-order valence-electron chi connectivity index (χ0n) is 12.3. The maximum absolute atomic E-state index is 8.60. The fourth-order valence-electron chi connectivity index (χ4n) is 2.12. The van der Waals surface area contributed by atoms with Crippen LogP contribution < -0.4 is 5.73 Å². The number of oxime groups is 1. The van der Waals surface area contributed by atoms with Crippen molar-refractivity contribution in [1.82, 2.24) is 14.7 Å². The van der Waals surface area contributed by atoms with Gasteiger partial charge in [-0.05, 0) is 18.9 Å². The average Bonchev–Trinajstić information content (AvgIpc) is 2.63. The Morgan fingerprint density at radius 2 is 2.26 bits per heavy atom. The Morgan fingerprint density at radius 3 is 2.74 bits per heavy atom. The molecule has 1 heterocycles. The smallest absolute Gasteiger partial charge is 0.140 e. The van der Waals surface area contributed by atoms with E-state index in [9.17, 15) is 0 Å². The van der Waals surface area contributed by atoms with Crippen molar-refractivity contribution in [3.05, 3.63) is 17.5 Å². The molecule has 0 saturated carbocycles. The van der Waals surface area contributed by atoms with E-state index in [1.807, 2.05) is 18.7 Å². The van der Waals surface area contributed by atoms with E-state index in [2.05, 4.69) is 35.1 Å². The van der Waals surface area contributed by atoms with Gasteiger partial charge in [0, 0.05) is 33.1 Å². The average molecular weight is 267 g/mol. The van der Waals surface area contributed by atoms with E-state index >= 15 is 0 Å². The largest absolute Gasteiger partial charge is 0.409 e. The van der Waals surface area contributed by atoms with Crippen LogP contribution in [0.15, 0.2) is 11.2 Å². The van der Waals surface area contributed by atoms with Crippen LogP contribution in [-0.4, -0.2) is 38.8 Å². The van der Waals surface area contributed by atoms with Crippen LogP contribution in [0.3, 0.4) is 0 Å². The number of aryl methyl sites for hydroxylation is 2. The molecule has 108 valence electrons. The summed E-state index contributed by atoms with van der Waals surface area (Å²) in [6, 6.07) is 2.09. The van der Waals surface area contributed by atoms with Crippen molar-refractivity contribution in [2.24, 2.45) is 23.9 Å². The first kappa shape index (κ1) is 15.5. The highest BCUT2D eigenvalue weighted by atomic mass is 16.4. The van der Waals surface area contributed by atoms with E-state index in [1.165, 1.54) is 5.69 Å². The van der Waals surface area contributed by atoms with Crippen molar-refractivity contribution in [2.75, 3.05) is 13.1 Å². The lowest BCUT2D eigenvalue weighted by atomic mass is 10.2. The van der Waals surface area contributed by atoms with Crippen molar-refractivity contribution in [2.45, 2.75) is 33.7 Å². The van der Waals surface area contributed by atoms with Gasteiger partial charge in [-0.1, -0.05) is 19.0 Å². The first-order valence-corrected chi connectivity index (χ1v) is 6.60. The molecule has 1 aromatic heterocycles. The van der Waals surface area contributed by atoms with Crippen LogP contribution in [0.4, 0.5) is 0 Å². The van der Waals surface area contributed by atoms with Gasteiger partial charge < -0.3 is 10.9 Å². The molecule has 6 nitrogen and oxygen atoms in total. The van der Waals surface area contributed by atoms with Crippen LogP contribution in [0.1, 0.15) is 31.7 Å². The number of hydrogen-bond acceptors (Lipinski definition) is 4. The minimum Gasteiger partial charge on any atom is -0.409 e. The summed E-state index contributed by atoms with van der Waals surface area (Å²) in [6.07, 6.45) is 0.569. The van der Waals surface area contributed by atoms with Gasteiger partial charge >= 0.3 is 0 Å². The van der Waals surface area contributed by atoms with Crippen molar-refractivity contribution < 1.29 is 5.21 Å². The summed E-state index contributed by atoms with van der Waals surface area (Å²) in [5.74, 6) is 0.844. The fourth-order valence-corrected chi connectivity index (χ4v) is 2.12. The molecule has 0 fully saturated rings. The van der Waals surface area contributed by atoms with Crippen LogP contribution >= 0.6 is 0 Å². The van der Waals surface area contributed by atoms with Gasteiger partial charge in [0.1, 0.15) is 5.84 Å². The van der Waals surface area contributed by atoms with Crippen LogP contribution in [0.5, 0.6) is 0 Å². The molecule has 0 bridgehead atoms. The molecular weight excluding hydrogens is 242 g/mol. The molecule has 0 aliphatic rings. The molecule has 1 aromatic rings. The molecule has 0 spiro atoms. The van der Waals surface area contributed by atoms with Crippen molar-refractivity contribution in [3.63, 3.8) is 0 Å². The highest BCUT2D eigenvalue weighted by molar-refractivity contribution is 5.79. The third-order valence-corrected chi connectivity index (χ3v) is 2.92. The zero-order chi connectivity index (χ0) is 14.4. The quantitative estimate of drug-likeness (QED) is 0.338. The Hall–Kier alpha value is -1.56. The molecule has 0 aliphatic heterocycles. The number of rotatable bonds is 7. The van der Waals surface area contributed by atoms with E-state index in [1.54, 1.807) is 0 Å². The molecule has 6 heteroatoms. The molecule has 0 aromatic carbocycles. The van der Waals surface area contributed by atoms with Gasteiger partial charge in [0.05, 0.1) is 11.4 Å².